The molecule has 2 atom stereocenters. The number of hydrogen-bond acceptors (Lipinski definition) is 9. The Morgan fingerprint density at radius 1 is 1.21 bits per heavy atom. The van der Waals surface area contributed by atoms with E-state index in [1.165, 1.54) is 17.8 Å². The van der Waals surface area contributed by atoms with Crippen LogP contribution in [-0.2, 0) is 16.6 Å². The van der Waals surface area contributed by atoms with Gasteiger partial charge < -0.3 is 14.2 Å². The predicted molar refractivity (Wildman–Crippen MR) is 128 cm³/mol. The van der Waals surface area contributed by atoms with Gasteiger partial charge in [-0.2, -0.15) is 4.98 Å². The predicted octanol–water partition coefficient (Wildman–Crippen LogP) is 4.45. The van der Waals surface area contributed by atoms with Crippen LogP contribution in [0.3, 0.4) is 0 Å². The Labute approximate surface area is 202 Å². The molecule has 1 saturated carbocycles. The van der Waals surface area contributed by atoms with Gasteiger partial charge in [0.2, 0.25) is 5.88 Å². The molecule has 0 radical (unpaired) electrons. The molecule has 1 aliphatic heterocycles. The van der Waals surface area contributed by atoms with E-state index in [0.29, 0.717) is 42.3 Å². The maximum atomic E-state index is 13.0. The van der Waals surface area contributed by atoms with Crippen LogP contribution in [0, 0.1) is 0 Å². The van der Waals surface area contributed by atoms with E-state index in [2.05, 4.69) is 22.1 Å². The van der Waals surface area contributed by atoms with Gasteiger partial charge in [-0.05, 0) is 58.5 Å². The standard InChI is InChI=1S/C25H29N5O3S/c1-30-11-5-6-16(30)14-32-21-12-18(19-13-26-15-34-19)27-24(28-21)22-17-7-4-10-25(23(17)33-29-22)9-3-2-8-20(25)31/h12-13,15-16H,2-11,14H2,1H3/t16-,25+/m0/s1. The summed E-state index contributed by atoms with van der Waals surface area (Å²) in [5.41, 5.74) is 3.67. The van der Waals surface area contributed by atoms with Crippen molar-refractivity contribution in [1.29, 1.82) is 0 Å². The quantitative estimate of drug-likeness (QED) is 0.530. The highest BCUT2D eigenvalue weighted by atomic mass is 32.1. The molecule has 0 amide bonds. The Kier molecular flexibility index (Phi) is 5.69. The second kappa shape index (κ2) is 8.85. The molecule has 3 aromatic heterocycles. The van der Waals surface area contributed by atoms with Gasteiger partial charge in [-0.15, -0.1) is 11.3 Å². The lowest BCUT2D eigenvalue weighted by Gasteiger charge is -2.36. The first-order valence-electron chi connectivity index (χ1n) is 12.3. The number of fused-ring (bicyclic) bond motifs is 2. The molecule has 0 aromatic carbocycles. The molecule has 3 aromatic rings. The van der Waals surface area contributed by atoms with Crippen LogP contribution < -0.4 is 4.74 Å². The molecular formula is C25H29N5O3S. The molecule has 0 unspecified atom stereocenters. The van der Waals surface area contributed by atoms with Crippen molar-refractivity contribution >= 4 is 17.1 Å². The summed E-state index contributed by atoms with van der Waals surface area (Å²) in [6.07, 6.45) is 10.2. The SMILES string of the molecule is CN1CCC[C@H]1COc1cc(-c2cncs2)nc(-c2noc3c2CCC[C@@]32CCCCC2=O)n1. The summed E-state index contributed by atoms with van der Waals surface area (Å²) < 4.78 is 12.1. The summed E-state index contributed by atoms with van der Waals surface area (Å²) in [6, 6.07) is 2.27. The zero-order chi connectivity index (χ0) is 23.1. The van der Waals surface area contributed by atoms with Crippen molar-refractivity contribution in [2.45, 2.75) is 69.2 Å². The number of carbonyl (C=O) groups excluding carboxylic acids is 1. The van der Waals surface area contributed by atoms with Gasteiger partial charge in [0.05, 0.1) is 21.5 Å². The molecule has 0 N–H and O–H groups in total. The minimum atomic E-state index is -0.515. The van der Waals surface area contributed by atoms with Gasteiger partial charge in [-0.3, -0.25) is 9.78 Å². The number of ketones is 1. The highest BCUT2D eigenvalue weighted by molar-refractivity contribution is 7.13. The van der Waals surface area contributed by atoms with E-state index in [9.17, 15) is 4.79 Å². The number of rotatable bonds is 5. The van der Waals surface area contributed by atoms with Crippen LogP contribution in [0.5, 0.6) is 5.88 Å². The Hall–Kier alpha value is -2.65. The van der Waals surface area contributed by atoms with Crippen LogP contribution in [-0.4, -0.2) is 57.0 Å². The zero-order valence-corrected chi connectivity index (χ0v) is 20.3. The van der Waals surface area contributed by atoms with Crippen molar-refractivity contribution in [1.82, 2.24) is 25.0 Å². The van der Waals surface area contributed by atoms with Crippen LogP contribution in [0.15, 0.2) is 22.3 Å². The minimum Gasteiger partial charge on any atom is -0.476 e. The number of thiazole rings is 1. The number of Topliss-reactive ketones (excluding diaryl/α,β-unsaturated/α-hetero) is 1. The Morgan fingerprint density at radius 2 is 2.12 bits per heavy atom. The first-order valence-corrected chi connectivity index (χ1v) is 13.2. The fourth-order valence-corrected chi connectivity index (χ4v) is 6.40. The van der Waals surface area contributed by atoms with E-state index in [1.54, 1.807) is 11.7 Å². The third kappa shape index (κ3) is 3.75. The molecule has 9 heteroatoms. The minimum absolute atomic E-state index is 0.298. The molecule has 3 aliphatic rings. The molecule has 4 heterocycles. The fraction of sp³-hybridized carbons (Fsp3) is 0.560. The smallest absolute Gasteiger partial charge is 0.217 e. The first kappa shape index (κ1) is 21.9. The van der Waals surface area contributed by atoms with Crippen molar-refractivity contribution in [3.8, 4) is 28.0 Å². The van der Waals surface area contributed by atoms with Gasteiger partial charge in [0.1, 0.15) is 12.4 Å². The lowest BCUT2D eigenvalue weighted by molar-refractivity contribution is -0.128. The molecular weight excluding hydrogens is 450 g/mol. The van der Waals surface area contributed by atoms with Gasteiger partial charge in [-0.25, -0.2) is 4.98 Å². The van der Waals surface area contributed by atoms with Crippen molar-refractivity contribution in [2.24, 2.45) is 0 Å². The van der Waals surface area contributed by atoms with E-state index >= 15 is 0 Å². The number of nitrogens with zero attached hydrogens (tertiary/aromatic N) is 5. The summed E-state index contributed by atoms with van der Waals surface area (Å²) in [7, 11) is 2.14. The Morgan fingerprint density at radius 3 is 2.91 bits per heavy atom. The summed E-state index contributed by atoms with van der Waals surface area (Å²) in [4.78, 5) is 30.1. The number of hydrogen-bond donors (Lipinski definition) is 0. The molecule has 1 spiro atoms. The highest BCUT2D eigenvalue weighted by Gasteiger charge is 2.48. The van der Waals surface area contributed by atoms with Gasteiger partial charge >= 0.3 is 0 Å². The zero-order valence-electron chi connectivity index (χ0n) is 19.5. The summed E-state index contributed by atoms with van der Waals surface area (Å²) in [5.74, 6) is 2.07. The average Bonchev–Trinajstić information content (AvgIpc) is 3.61. The summed E-state index contributed by atoms with van der Waals surface area (Å²) in [6.45, 7) is 1.68. The number of aromatic nitrogens is 4. The van der Waals surface area contributed by atoms with Crippen molar-refractivity contribution in [3.05, 3.63) is 29.1 Å². The fourth-order valence-electron chi connectivity index (χ4n) is 5.81. The highest BCUT2D eigenvalue weighted by Crippen LogP contribution is 2.47. The van der Waals surface area contributed by atoms with Crippen LogP contribution in [0.25, 0.3) is 22.1 Å². The Bertz CT molecular complexity index is 1190. The van der Waals surface area contributed by atoms with E-state index < -0.39 is 5.41 Å². The van der Waals surface area contributed by atoms with Gasteiger partial charge in [-0.1, -0.05) is 11.6 Å². The summed E-state index contributed by atoms with van der Waals surface area (Å²) >= 11 is 1.53. The van der Waals surface area contributed by atoms with Crippen molar-refractivity contribution in [2.75, 3.05) is 20.2 Å². The number of carbonyl (C=O) groups is 1. The number of ether oxygens (including phenoxy) is 1. The van der Waals surface area contributed by atoms with Gasteiger partial charge in [0.15, 0.2) is 17.3 Å². The number of likely N-dealkylation sites (N-methyl/N-ethyl adjacent to an activating group) is 1. The molecule has 1 saturated heterocycles. The second-order valence-corrected chi connectivity index (χ2v) is 10.7. The lowest BCUT2D eigenvalue weighted by atomic mass is 9.64. The van der Waals surface area contributed by atoms with Gasteiger partial charge in [0, 0.05) is 30.3 Å². The van der Waals surface area contributed by atoms with E-state index in [0.717, 1.165) is 73.4 Å². The van der Waals surface area contributed by atoms with Crippen LogP contribution in [0.1, 0.15) is 62.7 Å². The van der Waals surface area contributed by atoms with Crippen LogP contribution in [0.2, 0.25) is 0 Å². The topological polar surface area (TPSA) is 94.2 Å². The maximum absolute atomic E-state index is 13.0. The van der Waals surface area contributed by atoms with Crippen LogP contribution >= 0.6 is 11.3 Å². The third-order valence-corrected chi connectivity index (χ3v) is 8.53. The van der Waals surface area contributed by atoms with Crippen molar-refractivity contribution in [3.63, 3.8) is 0 Å². The molecule has 2 fully saturated rings. The summed E-state index contributed by atoms with van der Waals surface area (Å²) in [5, 5.41) is 4.44. The van der Waals surface area contributed by atoms with E-state index in [4.69, 9.17) is 19.2 Å². The van der Waals surface area contributed by atoms with Crippen molar-refractivity contribution < 1.29 is 14.1 Å². The molecule has 2 aliphatic carbocycles. The third-order valence-electron chi connectivity index (χ3n) is 7.74. The van der Waals surface area contributed by atoms with Crippen LogP contribution in [0.4, 0.5) is 0 Å². The maximum Gasteiger partial charge on any atom is 0.217 e. The second-order valence-electron chi connectivity index (χ2n) is 9.77. The van der Waals surface area contributed by atoms with Gasteiger partial charge in [0.25, 0.3) is 0 Å². The Balaban J connectivity index is 1.38. The lowest BCUT2D eigenvalue weighted by Crippen LogP contribution is -2.41. The molecule has 178 valence electrons. The number of likely N-dealkylation sites (tertiary alicyclic amines) is 1. The molecule has 34 heavy (non-hydrogen) atoms. The largest absolute Gasteiger partial charge is 0.476 e. The monoisotopic (exact) mass is 479 g/mol. The van der Waals surface area contributed by atoms with E-state index in [-0.39, 0.29) is 0 Å². The van der Waals surface area contributed by atoms with E-state index in [1.807, 2.05) is 6.07 Å². The first-order chi connectivity index (χ1) is 16.6. The molecule has 0 bridgehead atoms. The average molecular weight is 480 g/mol. The normalized spacial score (nSPS) is 25.1. The molecule has 8 nitrogen and oxygen atoms in total. The molecule has 6 rings (SSSR count).